The second-order valence-electron chi connectivity index (χ2n) is 4.84. The zero-order valence-electron chi connectivity index (χ0n) is 10.2. The molecule has 1 aromatic rings. The van der Waals surface area contributed by atoms with E-state index >= 15 is 0 Å². The van der Waals surface area contributed by atoms with Crippen LogP contribution in [0.2, 0.25) is 0 Å². The van der Waals surface area contributed by atoms with Gasteiger partial charge in [0.2, 0.25) is 0 Å². The normalized spacial score (nSPS) is 22.6. The zero-order chi connectivity index (χ0) is 12.6. The van der Waals surface area contributed by atoms with Crippen molar-refractivity contribution in [2.24, 2.45) is 0 Å². The molecule has 2 aliphatic rings. The van der Waals surface area contributed by atoms with Crippen LogP contribution >= 0.6 is 15.9 Å². The van der Waals surface area contributed by atoms with E-state index in [9.17, 15) is 0 Å². The van der Waals surface area contributed by atoms with E-state index in [0.29, 0.717) is 13.2 Å². The molecule has 4 nitrogen and oxygen atoms in total. The van der Waals surface area contributed by atoms with Gasteiger partial charge in [0.15, 0.2) is 5.79 Å². The first-order valence-corrected chi connectivity index (χ1v) is 7.06. The predicted octanol–water partition coefficient (Wildman–Crippen LogP) is 2.37. The Bertz CT molecular complexity index is 447. The van der Waals surface area contributed by atoms with Crippen LogP contribution in [0.1, 0.15) is 12.8 Å². The van der Waals surface area contributed by atoms with Crippen LogP contribution in [-0.4, -0.2) is 32.1 Å². The Morgan fingerprint density at radius 3 is 2.78 bits per heavy atom. The maximum atomic E-state index is 5.79. The summed E-state index contributed by atoms with van der Waals surface area (Å²) in [4.78, 5) is 2.30. The number of halogens is 1. The number of nitrogens with zero attached hydrogens (tertiary/aromatic N) is 1. The number of hydrogen-bond donors (Lipinski definition) is 1. The number of benzene rings is 1. The number of piperidine rings is 1. The first-order chi connectivity index (χ1) is 8.69. The monoisotopic (exact) mass is 312 g/mol. The van der Waals surface area contributed by atoms with Gasteiger partial charge >= 0.3 is 0 Å². The molecule has 3 rings (SSSR count). The van der Waals surface area contributed by atoms with Crippen molar-refractivity contribution in [3.63, 3.8) is 0 Å². The predicted molar refractivity (Wildman–Crippen MR) is 74.6 cm³/mol. The van der Waals surface area contributed by atoms with E-state index in [0.717, 1.165) is 41.8 Å². The molecule has 0 aliphatic carbocycles. The molecule has 18 heavy (non-hydrogen) atoms. The van der Waals surface area contributed by atoms with Gasteiger partial charge in [-0.25, -0.2) is 0 Å². The molecule has 0 bridgehead atoms. The smallest absolute Gasteiger partial charge is 0.186 e. The van der Waals surface area contributed by atoms with Crippen molar-refractivity contribution in [3.05, 3.63) is 22.7 Å². The van der Waals surface area contributed by atoms with Crippen molar-refractivity contribution < 1.29 is 9.47 Å². The third-order valence-electron chi connectivity index (χ3n) is 3.54. The van der Waals surface area contributed by atoms with Crippen molar-refractivity contribution in [1.29, 1.82) is 0 Å². The fourth-order valence-electron chi connectivity index (χ4n) is 2.71. The lowest BCUT2D eigenvalue weighted by Gasteiger charge is -2.40. The van der Waals surface area contributed by atoms with Crippen LogP contribution in [0.15, 0.2) is 22.7 Å². The molecule has 0 aromatic heterocycles. The molecule has 1 aromatic carbocycles. The van der Waals surface area contributed by atoms with Gasteiger partial charge in [0, 0.05) is 23.1 Å². The Kier molecular flexibility index (Phi) is 3.21. The average molecular weight is 313 g/mol. The first-order valence-electron chi connectivity index (χ1n) is 6.26. The summed E-state index contributed by atoms with van der Waals surface area (Å²) in [5.74, 6) is -0.390. The molecule has 0 unspecified atom stereocenters. The maximum Gasteiger partial charge on any atom is 0.186 e. The highest BCUT2D eigenvalue weighted by molar-refractivity contribution is 9.10. The molecule has 0 radical (unpaired) electrons. The zero-order valence-corrected chi connectivity index (χ0v) is 11.8. The third-order valence-corrected chi connectivity index (χ3v) is 4.18. The topological polar surface area (TPSA) is 47.7 Å². The number of ether oxygens (including phenoxy) is 2. The Morgan fingerprint density at radius 2 is 2.06 bits per heavy atom. The molecule has 1 spiro atoms. The van der Waals surface area contributed by atoms with E-state index in [4.69, 9.17) is 15.2 Å². The van der Waals surface area contributed by atoms with Crippen molar-refractivity contribution in [1.82, 2.24) is 0 Å². The summed E-state index contributed by atoms with van der Waals surface area (Å²) in [5.41, 5.74) is 7.70. The highest BCUT2D eigenvalue weighted by Crippen LogP contribution is 2.36. The Morgan fingerprint density at radius 1 is 1.28 bits per heavy atom. The summed E-state index contributed by atoms with van der Waals surface area (Å²) in [6, 6.07) is 5.91. The molecular weight excluding hydrogens is 296 g/mol. The van der Waals surface area contributed by atoms with Crippen molar-refractivity contribution >= 4 is 27.3 Å². The molecule has 5 heteroatoms. The number of hydrogen-bond acceptors (Lipinski definition) is 4. The standard InChI is InChI=1S/C13H17BrN2O2/c14-11-8-10(15)2-3-12(11)16-5-1-4-13(9-16)17-6-7-18-13/h2-3,8H,1,4-7,9,15H2. The lowest BCUT2D eigenvalue weighted by molar-refractivity contribution is -0.161. The summed E-state index contributed by atoms with van der Waals surface area (Å²) in [5, 5.41) is 0. The van der Waals surface area contributed by atoms with E-state index in [1.54, 1.807) is 0 Å². The van der Waals surface area contributed by atoms with Crippen LogP contribution in [0, 0.1) is 0 Å². The Balaban J connectivity index is 1.83. The minimum atomic E-state index is -0.390. The third kappa shape index (κ3) is 2.22. The van der Waals surface area contributed by atoms with E-state index in [-0.39, 0.29) is 5.79 Å². The highest BCUT2D eigenvalue weighted by Gasteiger charge is 2.41. The van der Waals surface area contributed by atoms with Crippen LogP contribution in [0.3, 0.4) is 0 Å². The highest BCUT2D eigenvalue weighted by atomic mass is 79.9. The summed E-state index contributed by atoms with van der Waals surface area (Å²) >= 11 is 3.58. The number of nitrogens with two attached hydrogens (primary N) is 1. The minimum absolute atomic E-state index is 0.390. The summed E-state index contributed by atoms with van der Waals surface area (Å²) in [7, 11) is 0. The molecule has 0 atom stereocenters. The van der Waals surface area contributed by atoms with Gasteiger partial charge < -0.3 is 20.1 Å². The van der Waals surface area contributed by atoms with Crippen LogP contribution in [0.25, 0.3) is 0 Å². The molecule has 2 fully saturated rings. The van der Waals surface area contributed by atoms with E-state index in [1.165, 1.54) is 0 Å². The second kappa shape index (κ2) is 4.72. The van der Waals surface area contributed by atoms with E-state index in [1.807, 2.05) is 18.2 Å². The Hall–Kier alpha value is -0.780. The van der Waals surface area contributed by atoms with Gasteiger partial charge in [0.05, 0.1) is 25.4 Å². The van der Waals surface area contributed by atoms with Crippen LogP contribution in [0.5, 0.6) is 0 Å². The largest absolute Gasteiger partial charge is 0.399 e. The van der Waals surface area contributed by atoms with Gasteiger partial charge in [-0.2, -0.15) is 0 Å². The van der Waals surface area contributed by atoms with Crippen LogP contribution in [-0.2, 0) is 9.47 Å². The van der Waals surface area contributed by atoms with Gasteiger partial charge in [-0.15, -0.1) is 0 Å². The average Bonchev–Trinajstić information content (AvgIpc) is 2.77. The molecule has 2 aliphatic heterocycles. The first kappa shape index (κ1) is 12.3. The quantitative estimate of drug-likeness (QED) is 0.809. The number of anilines is 2. The SMILES string of the molecule is Nc1ccc(N2CCCC3(C2)OCCO3)c(Br)c1. The summed E-state index contributed by atoms with van der Waals surface area (Å²) in [6.45, 7) is 3.22. The van der Waals surface area contributed by atoms with Gasteiger partial charge in [-0.3, -0.25) is 0 Å². The molecule has 2 saturated heterocycles. The molecular formula is C13H17BrN2O2. The molecule has 2 N–H and O–H groups in total. The molecule has 2 heterocycles. The Labute approximate surface area is 115 Å². The fourth-order valence-corrected chi connectivity index (χ4v) is 3.35. The fraction of sp³-hybridized carbons (Fsp3) is 0.538. The van der Waals surface area contributed by atoms with Crippen molar-refractivity contribution in [2.45, 2.75) is 18.6 Å². The molecule has 98 valence electrons. The van der Waals surface area contributed by atoms with Crippen LogP contribution in [0.4, 0.5) is 11.4 Å². The minimum Gasteiger partial charge on any atom is -0.399 e. The van der Waals surface area contributed by atoms with Crippen LogP contribution < -0.4 is 10.6 Å². The number of nitrogen functional groups attached to an aromatic ring is 1. The van der Waals surface area contributed by atoms with Gasteiger partial charge in [0.25, 0.3) is 0 Å². The van der Waals surface area contributed by atoms with Gasteiger partial charge in [0.1, 0.15) is 0 Å². The van der Waals surface area contributed by atoms with Crippen molar-refractivity contribution in [2.75, 3.05) is 36.9 Å². The summed E-state index contributed by atoms with van der Waals surface area (Å²) in [6.07, 6.45) is 2.06. The maximum absolute atomic E-state index is 5.79. The lowest BCUT2D eigenvalue weighted by atomic mass is 10.0. The summed E-state index contributed by atoms with van der Waals surface area (Å²) < 4.78 is 12.6. The second-order valence-corrected chi connectivity index (χ2v) is 5.70. The molecule has 0 amide bonds. The lowest BCUT2D eigenvalue weighted by Crippen LogP contribution is -2.49. The molecule has 0 saturated carbocycles. The van der Waals surface area contributed by atoms with E-state index in [2.05, 4.69) is 20.8 Å². The van der Waals surface area contributed by atoms with Gasteiger partial charge in [-0.05, 0) is 40.5 Å². The van der Waals surface area contributed by atoms with E-state index < -0.39 is 0 Å². The van der Waals surface area contributed by atoms with Crippen molar-refractivity contribution in [3.8, 4) is 0 Å². The number of rotatable bonds is 1. The van der Waals surface area contributed by atoms with Gasteiger partial charge in [-0.1, -0.05) is 0 Å².